The Hall–Kier alpha value is -1.98. The van der Waals surface area contributed by atoms with E-state index in [1.54, 1.807) is 11.3 Å². The summed E-state index contributed by atoms with van der Waals surface area (Å²) in [6, 6.07) is 6.53. The van der Waals surface area contributed by atoms with E-state index in [1.165, 1.54) is 4.88 Å². The van der Waals surface area contributed by atoms with E-state index in [0.29, 0.717) is 32.1 Å². The van der Waals surface area contributed by atoms with Crippen LogP contribution in [0.2, 0.25) is 0 Å². The minimum atomic E-state index is -0.548. The quantitative estimate of drug-likeness (QED) is 0.218. The molecule has 0 bridgehead atoms. The second-order valence-electron chi connectivity index (χ2n) is 9.49. The van der Waals surface area contributed by atoms with E-state index in [4.69, 9.17) is 9.84 Å². The first-order valence-electron chi connectivity index (χ1n) is 12.4. The van der Waals surface area contributed by atoms with Gasteiger partial charge >= 0.3 is 5.97 Å². The van der Waals surface area contributed by atoms with Gasteiger partial charge in [-0.15, -0.1) is 11.3 Å². The summed E-state index contributed by atoms with van der Waals surface area (Å²) in [5.74, 6) is -0.569. The van der Waals surface area contributed by atoms with E-state index in [-0.39, 0.29) is 42.4 Å². The molecule has 1 aromatic heterocycles. The molecule has 2 fully saturated rings. The zero-order valence-corrected chi connectivity index (χ0v) is 20.5. The predicted octanol–water partition coefficient (Wildman–Crippen LogP) is 4.27. The van der Waals surface area contributed by atoms with E-state index < -0.39 is 12.2 Å². The highest BCUT2D eigenvalue weighted by atomic mass is 32.1. The number of aliphatic hydroxyl groups excluding tert-OH is 3. The Balaban J connectivity index is 1.50. The lowest BCUT2D eigenvalue weighted by Gasteiger charge is -2.45. The third-order valence-corrected chi connectivity index (χ3v) is 8.50. The van der Waals surface area contributed by atoms with Gasteiger partial charge < -0.3 is 20.1 Å². The maximum atomic E-state index is 11.5. The van der Waals surface area contributed by atoms with Crippen LogP contribution < -0.4 is 0 Å². The molecule has 2 aliphatic rings. The van der Waals surface area contributed by atoms with Crippen LogP contribution in [-0.4, -0.2) is 46.7 Å². The molecule has 34 heavy (non-hydrogen) atoms. The van der Waals surface area contributed by atoms with Crippen LogP contribution in [0.25, 0.3) is 0 Å². The van der Waals surface area contributed by atoms with Crippen molar-refractivity contribution in [1.29, 1.82) is 5.26 Å². The number of aliphatic hydroxyl groups is 3. The summed E-state index contributed by atoms with van der Waals surface area (Å²) in [5.41, 5.74) is -0.130. The summed E-state index contributed by atoms with van der Waals surface area (Å²) < 4.78 is 4.84. The topological polar surface area (TPSA) is 111 Å². The number of unbranched alkanes of at least 4 members (excludes halogenated alkanes) is 1. The summed E-state index contributed by atoms with van der Waals surface area (Å²) in [6.07, 6.45) is 13.7. The number of rotatable bonds is 13. The average molecular weight is 488 g/mol. The van der Waals surface area contributed by atoms with Gasteiger partial charge in [-0.1, -0.05) is 36.8 Å². The fraction of sp³-hybridized carbons (Fsp3) is 0.630. The molecule has 2 saturated carbocycles. The molecule has 6 nitrogen and oxygen atoms in total. The normalized spacial score (nSPS) is 27.0. The Morgan fingerprint density at radius 3 is 2.82 bits per heavy atom. The molecule has 5 atom stereocenters. The number of esters is 1. The van der Waals surface area contributed by atoms with Crippen LogP contribution in [0.1, 0.15) is 62.7 Å². The van der Waals surface area contributed by atoms with Crippen LogP contribution in [0.5, 0.6) is 0 Å². The number of nitriles is 1. The van der Waals surface area contributed by atoms with Gasteiger partial charge in [0.1, 0.15) is 6.61 Å². The molecule has 0 amide bonds. The molecular formula is C27H37NO5S. The number of carbonyl (C=O) groups is 1. The van der Waals surface area contributed by atoms with Crippen molar-refractivity contribution in [2.75, 3.05) is 13.2 Å². The summed E-state index contributed by atoms with van der Waals surface area (Å²) in [4.78, 5) is 12.7. The van der Waals surface area contributed by atoms with Gasteiger partial charge in [0.15, 0.2) is 0 Å². The van der Waals surface area contributed by atoms with Crippen molar-refractivity contribution in [1.82, 2.24) is 0 Å². The maximum Gasteiger partial charge on any atom is 0.305 e. The fourth-order valence-corrected chi connectivity index (χ4v) is 6.34. The SMILES string of the molecule is N#C[C@@H]1C[C@@H](O)[C@H](/C=C/CC(O)C2(c3cccs3)CCC2)[C@H]1C/C=C\CCCC(=O)OCCO. The molecular weight excluding hydrogens is 450 g/mol. The number of ether oxygens (including phenoxy) is 1. The lowest BCUT2D eigenvalue weighted by molar-refractivity contribution is -0.144. The molecule has 1 aromatic rings. The van der Waals surface area contributed by atoms with Gasteiger partial charge in [0.25, 0.3) is 0 Å². The van der Waals surface area contributed by atoms with Gasteiger partial charge in [-0.2, -0.15) is 5.26 Å². The summed E-state index contributed by atoms with van der Waals surface area (Å²) in [7, 11) is 0. The van der Waals surface area contributed by atoms with E-state index in [1.807, 2.05) is 30.4 Å². The van der Waals surface area contributed by atoms with Crippen molar-refractivity contribution >= 4 is 17.3 Å². The Bertz CT molecular complexity index is 855. The lowest BCUT2D eigenvalue weighted by Crippen LogP contribution is -2.44. The molecule has 3 N–H and O–H groups in total. The number of allylic oxidation sites excluding steroid dienone is 2. The van der Waals surface area contributed by atoms with Crippen molar-refractivity contribution in [3.8, 4) is 6.07 Å². The van der Waals surface area contributed by atoms with Crippen molar-refractivity contribution < 1.29 is 24.9 Å². The van der Waals surface area contributed by atoms with Crippen molar-refractivity contribution in [2.45, 2.75) is 75.4 Å². The van der Waals surface area contributed by atoms with Crippen LogP contribution in [0.15, 0.2) is 41.8 Å². The minimum absolute atomic E-state index is 0.0362. The Kier molecular flexibility index (Phi) is 10.3. The van der Waals surface area contributed by atoms with Crippen molar-refractivity contribution in [3.05, 3.63) is 46.7 Å². The second kappa shape index (κ2) is 13.2. The Morgan fingerprint density at radius 1 is 1.35 bits per heavy atom. The average Bonchev–Trinajstić information content (AvgIpc) is 3.43. The summed E-state index contributed by atoms with van der Waals surface area (Å²) >= 11 is 1.71. The standard InChI is InChI=1S/C27H37NO5S/c28-19-20-18-23(30)22(21(20)8-3-1-2-4-12-26(32)33-16-15-29)9-5-10-24(31)27(13-7-14-27)25-11-6-17-34-25/h1,3,5-6,9,11,17,20-24,29-31H,2,4,7-8,10,12-16,18H2/b3-1-,9-5+/t20-,21-,22+,23+,24?/m0/s1. The smallest absolute Gasteiger partial charge is 0.305 e. The van der Waals surface area contributed by atoms with E-state index in [9.17, 15) is 20.3 Å². The molecule has 0 spiro atoms. The Morgan fingerprint density at radius 2 is 2.18 bits per heavy atom. The van der Waals surface area contributed by atoms with Crippen LogP contribution in [0.4, 0.5) is 0 Å². The third kappa shape index (κ3) is 6.57. The largest absolute Gasteiger partial charge is 0.463 e. The highest BCUT2D eigenvalue weighted by Gasteiger charge is 2.45. The molecule has 2 aliphatic carbocycles. The number of carbonyl (C=O) groups excluding carboxylic acids is 1. The van der Waals surface area contributed by atoms with Gasteiger partial charge in [0.2, 0.25) is 0 Å². The van der Waals surface area contributed by atoms with Gasteiger partial charge in [-0.05, 0) is 62.3 Å². The lowest BCUT2D eigenvalue weighted by atomic mass is 9.63. The zero-order valence-electron chi connectivity index (χ0n) is 19.7. The molecule has 0 radical (unpaired) electrons. The van der Waals surface area contributed by atoms with Gasteiger partial charge in [-0.25, -0.2) is 0 Å². The molecule has 0 aromatic carbocycles. The monoisotopic (exact) mass is 487 g/mol. The molecule has 7 heteroatoms. The minimum Gasteiger partial charge on any atom is -0.463 e. The first-order chi connectivity index (χ1) is 16.5. The van der Waals surface area contributed by atoms with Crippen LogP contribution in [0.3, 0.4) is 0 Å². The first kappa shape index (κ1) is 26.6. The van der Waals surface area contributed by atoms with Crippen LogP contribution in [-0.2, 0) is 14.9 Å². The van der Waals surface area contributed by atoms with Crippen molar-refractivity contribution in [2.24, 2.45) is 17.8 Å². The third-order valence-electron chi connectivity index (χ3n) is 7.41. The number of thiophene rings is 1. The van der Waals surface area contributed by atoms with E-state index >= 15 is 0 Å². The highest BCUT2D eigenvalue weighted by molar-refractivity contribution is 7.10. The predicted molar refractivity (Wildman–Crippen MR) is 132 cm³/mol. The molecule has 1 heterocycles. The molecule has 0 saturated heterocycles. The molecule has 0 aliphatic heterocycles. The van der Waals surface area contributed by atoms with Gasteiger partial charge in [0.05, 0.1) is 30.8 Å². The Labute approximate surface area is 206 Å². The van der Waals surface area contributed by atoms with E-state index in [0.717, 1.165) is 25.7 Å². The van der Waals surface area contributed by atoms with Gasteiger partial charge in [0, 0.05) is 22.6 Å². The summed E-state index contributed by atoms with van der Waals surface area (Å²) in [6.45, 7) is -0.127. The second-order valence-corrected chi connectivity index (χ2v) is 10.4. The number of nitrogens with zero attached hydrogens (tertiary/aromatic N) is 1. The van der Waals surface area contributed by atoms with Crippen LogP contribution in [0, 0.1) is 29.1 Å². The maximum absolute atomic E-state index is 11.5. The number of hydrogen-bond acceptors (Lipinski definition) is 7. The molecule has 1 unspecified atom stereocenters. The van der Waals surface area contributed by atoms with Crippen LogP contribution >= 0.6 is 11.3 Å². The van der Waals surface area contributed by atoms with Crippen molar-refractivity contribution in [3.63, 3.8) is 0 Å². The molecule has 186 valence electrons. The zero-order chi connectivity index (χ0) is 24.4. The summed E-state index contributed by atoms with van der Waals surface area (Å²) in [5, 5.41) is 41.9. The number of hydrogen-bond donors (Lipinski definition) is 3. The van der Waals surface area contributed by atoms with Gasteiger partial charge in [-0.3, -0.25) is 4.79 Å². The fourth-order valence-electron chi connectivity index (χ4n) is 5.31. The van der Waals surface area contributed by atoms with E-state index in [2.05, 4.69) is 17.5 Å². The first-order valence-corrected chi connectivity index (χ1v) is 13.3. The highest BCUT2D eigenvalue weighted by Crippen LogP contribution is 2.49. The molecule has 3 rings (SSSR count).